The molecule has 0 aliphatic carbocycles. The number of amides is 1. The van der Waals surface area contributed by atoms with Gasteiger partial charge >= 0.3 is 24.3 Å². The van der Waals surface area contributed by atoms with E-state index < -0.39 is 37.1 Å². The fraction of sp³-hybridized carbons (Fsp3) is 0.462. The molecule has 0 fully saturated rings. The van der Waals surface area contributed by atoms with Gasteiger partial charge in [0.25, 0.3) is 0 Å². The minimum absolute atomic E-state index is 0.0723. The largest absolute Gasteiger partial charge is 0.493 e. The molecule has 14 heteroatoms. The number of benzene rings is 2. The summed E-state index contributed by atoms with van der Waals surface area (Å²) in [5.74, 6) is -0.383. The lowest BCUT2D eigenvalue weighted by Crippen LogP contribution is -2.41. The molecule has 0 heterocycles. The van der Waals surface area contributed by atoms with E-state index in [1.165, 1.54) is 13.2 Å². The predicted molar refractivity (Wildman–Crippen MR) is 131 cm³/mol. The minimum Gasteiger partial charge on any atom is -0.493 e. The van der Waals surface area contributed by atoms with Crippen LogP contribution in [0.15, 0.2) is 48.5 Å². The monoisotopic (exact) mass is 579 g/mol. The van der Waals surface area contributed by atoms with Crippen molar-refractivity contribution in [2.75, 3.05) is 40.0 Å². The second-order valence-corrected chi connectivity index (χ2v) is 8.20. The van der Waals surface area contributed by atoms with Crippen molar-refractivity contribution < 1.29 is 60.3 Å². The number of carboxylic acid groups (broad SMARTS) is 1. The molecule has 2 rings (SSSR count). The molecular formula is C26H30F5NO8. The molecule has 0 aromatic heterocycles. The van der Waals surface area contributed by atoms with Crippen molar-refractivity contribution in [1.82, 2.24) is 4.90 Å². The molecule has 0 spiro atoms. The molecule has 1 unspecified atom stereocenters. The van der Waals surface area contributed by atoms with E-state index in [2.05, 4.69) is 4.74 Å². The Morgan fingerprint density at radius 2 is 1.60 bits per heavy atom. The van der Waals surface area contributed by atoms with Gasteiger partial charge in [-0.25, -0.2) is 9.59 Å². The predicted octanol–water partition coefficient (Wildman–Crippen LogP) is 5.17. The highest BCUT2D eigenvalue weighted by Gasteiger charge is 2.59. The van der Waals surface area contributed by atoms with Crippen LogP contribution in [0.2, 0.25) is 0 Å². The van der Waals surface area contributed by atoms with Crippen molar-refractivity contribution >= 4 is 12.1 Å². The molecule has 0 radical (unpaired) electrons. The number of ether oxygens (including phenoxy) is 5. The Kier molecular flexibility index (Phi) is 12.4. The highest BCUT2D eigenvalue weighted by Crippen LogP contribution is 2.36. The molecule has 0 aliphatic heterocycles. The van der Waals surface area contributed by atoms with Gasteiger partial charge in [-0.15, -0.1) is 0 Å². The molecule has 222 valence electrons. The molecule has 40 heavy (non-hydrogen) atoms. The summed E-state index contributed by atoms with van der Waals surface area (Å²) in [5.41, 5.74) is 0.686. The summed E-state index contributed by atoms with van der Waals surface area (Å²) in [5, 5.41) is 9.21. The van der Waals surface area contributed by atoms with E-state index in [-0.39, 0.29) is 50.6 Å². The lowest BCUT2D eigenvalue weighted by Gasteiger charge is -2.24. The van der Waals surface area contributed by atoms with Crippen LogP contribution in [0.1, 0.15) is 18.9 Å². The number of carboxylic acids is 1. The molecule has 1 amide bonds. The highest BCUT2D eigenvalue weighted by molar-refractivity contribution is 5.73. The van der Waals surface area contributed by atoms with Gasteiger partial charge in [-0.1, -0.05) is 24.3 Å². The first-order valence-electron chi connectivity index (χ1n) is 12.1. The normalized spacial score (nSPS) is 12.5. The average molecular weight is 580 g/mol. The van der Waals surface area contributed by atoms with Gasteiger partial charge in [0.15, 0.2) is 17.6 Å². The quantitative estimate of drug-likeness (QED) is 0.215. The zero-order chi connectivity index (χ0) is 29.8. The Hall–Kier alpha value is -3.65. The number of halogens is 5. The summed E-state index contributed by atoms with van der Waals surface area (Å²) >= 11 is 0. The Balaban J connectivity index is 2.00. The van der Waals surface area contributed by atoms with Crippen LogP contribution in [0.5, 0.6) is 17.2 Å². The highest BCUT2D eigenvalue weighted by atomic mass is 19.4. The number of methoxy groups -OCH3 is 1. The number of para-hydroxylation sites is 2. The molecule has 2 aromatic carbocycles. The lowest BCUT2D eigenvalue weighted by molar-refractivity contribution is -0.391. The van der Waals surface area contributed by atoms with Gasteiger partial charge in [0, 0.05) is 19.6 Å². The number of hydrogen-bond donors (Lipinski definition) is 1. The van der Waals surface area contributed by atoms with E-state index in [0.29, 0.717) is 11.3 Å². The van der Waals surface area contributed by atoms with Crippen LogP contribution in [0, 0.1) is 0 Å². The van der Waals surface area contributed by atoms with Crippen LogP contribution < -0.4 is 14.2 Å². The van der Waals surface area contributed by atoms with Crippen LogP contribution in [-0.2, 0) is 20.7 Å². The molecule has 0 saturated carbocycles. The van der Waals surface area contributed by atoms with Crippen molar-refractivity contribution in [1.29, 1.82) is 0 Å². The van der Waals surface area contributed by atoms with Gasteiger partial charge in [-0.05, 0) is 43.2 Å². The van der Waals surface area contributed by atoms with Gasteiger partial charge in [0.1, 0.15) is 12.4 Å². The average Bonchev–Trinajstić information content (AvgIpc) is 2.90. The number of alkyl halides is 5. The van der Waals surface area contributed by atoms with Crippen LogP contribution in [0.25, 0.3) is 0 Å². The third kappa shape index (κ3) is 10.2. The molecule has 1 atom stereocenters. The third-order valence-corrected chi connectivity index (χ3v) is 5.33. The van der Waals surface area contributed by atoms with E-state index in [1.54, 1.807) is 49.4 Å². The van der Waals surface area contributed by atoms with Gasteiger partial charge in [0.05, 0.1) is 20.3 Å². The van der Waals surface area contributed by atoms with Crippen LogP contribution in [-0.4, -0.2) is 80.5 Å². The summed E-state index contributed by atoms with van der Waals surface area (Å²) in [6.45, 7) is 0.468. The van der Waals surface area contributed by atoms with E-state index in [9.17, 15) is 36.6 Å². The van der Waals surface area contributed by atoms with E-state index in [4.69, 9.17) is 18.9 Å². The molecule has 1 N–H and O–H groups in total. The molecule has 0 aliphatic rings. The first kappa shape index (κ1) is 32.6. The van der Waals surface area contributed by atoms with Crippen molar-refractivity contribution in [3.05, 3.63) is 54.1 Å². The van der Waals surface area contributed by atoms with Crippen LogP contribution in [0.3, 0.4) is 0 Å². The van der Waals surface area contributed by atoms with E-state index in [1.807, 2.05) is 0 Å². The molecular weight excluding hydrogens is 549 g/mol. The summed E-state index contributed by atoms with van der Waals surface area (Å²) in [4.78, 5) is 25.1. The van der Waals surface area contributed by atoms with E-state index >= 15 is 0 Å². The lowest BCUT2D eigenvalue weighted by atomic mass is 10.1. The molecule has 0 bridgehead atoms. The maximum Gasteiger partial charge on any atom is 0.482 e. The fourth-order valence-corrected chi connectivity index (χ4v) is 3.32. The summed E-state index contributed by atoms with van der Waals surface area (Å²) in [6.07, 6.45) is -13.3. The number of rotatable bonds is 16. The standard InChI is InChI=1S/C26H30F5NO8/c1-3-37-22(23(33)34)17-18-9-11-19(12-10-18)38-16-14-32(13-6-15-39-26(30,31)25(27,28)29)24(35)40-21-8-5-4-7-20(21)36-2/h4-5,7-12,22H,3,6,13-17H2,1-2H3,(H,33,34). The SMILES string of the molecule is CCOC(Cc1ccc(OCCN(CCCOC(F)(F)C(F)(F)F)C(=O)Oc2ccccc2OC)cc1)C(=O)O. The second kappa shape index (κ2) is 15.2. The second-order valence-electron chi connectivity index (χ2n) is 8.20. The number of aliphatic carboxylic acids is 1. The smallest absolute Gasteiger partial charge is 0.482 e. The van der Waals surface area contributed by atoms with Gasteiger partial charge in [-0.2, -0.15) is 22.0 Å². The van der Waals surface area contributed by atoms with Crippen molar-refractivity contribution in [2.45, 2.75) is 38.2 Å². The number of hydrogen-bond acceptors (Lipinski definition) is 7. The van der Waals surface area contributed by atoms with Crippen molar-refractivity contribution in [3.8, 4) is 17.2 Å². The maximum atomic E-state index is 13.0. The number of carbonyl (C=O) groups excluding carboxylic acids is 1. The van der Waals surface area contributed by atoms with Gasteiger partial charge in [-0.3, -0.25) is 0 Å². The Morgan fingerprint density at radius 1 is 0.950 bits per heavy atom. The molecule has 9 nitrogen and oxygen atoms in total. The van der Waals surface area contributed by atoms with Crippen molar-refractivity contribution in [3.63, 3.8) is 0 Å². The van der Waals surface area contributed by atoms with Crippen LogP contribution in [0.4, 0.5) is 26.7 Å². The summed E-state index contributed by atoms with van der Waals surface area (Å²) in [7, 11) is 1.36. The first-order valence-corrected chi connectivity index (χ1v) is 12.1. The maximum absolute atomic E-state index is 13.0. The third-order valence-electron chi connectivity index (χ3n) is 5.33. The molecule has 2 aromatic rings. The zero-order valence-electron chi connectivity index (χ0n) is 21.8. The Morgan fingerprint density at radius 3 is 2.17 bits per heavy atom. The van der Waals surface area contributed by atoms with Gasteiger partial charge in [0.2, 0.25) is 0 Å². The minimum atomic E-state index is -5.86. The first-order chi connectivity index (χ1) is 18.9. The zero-order valence-corrected chi connectivity index (χ0v) is 21.8. The fourth-order valence-electron chi connectivity index (χ4n) is 3.32. The summed E-state index contributed by atoms with van der Waals surface area (Å²) < 4.78 is 88.0. The molecule has 0 saturated heterocycles. The number of nitrogens with zero attached hydrogens (tertiary/aromatic N) is 1. The van der Waals surface area contributed by atoms with Crippen LogP contribution >= 0.6 is 0 Å². The number of carbonyl (C=O) groups is 2. The Labute approximate surface area is 227 Å². The van der Waals surface area contributed by atoms with E-state index in [0.717, 1.165) is 4.90 Å². The van der Waals surface area contributed by atoms with Gasteiger partial charge < -0.3 is 33.7 Å². The topological polar surface area (TPSA) is 104 Å². The summed E-state index contributed by atoms with van der Waals surface area (Å²) in [6, 6.07) is 12.7. The van der Waals surface area contributed by atoms with Crippen molar-refractivity contribution in [2.24, 2.45) is 0 Å². The Bertz CT molecular complexity index is 1080.